The Bertz CT molecular complexity index is 1350. The van der Waals surface area contributed by atoms with Crippen LogP contribution in [-0.4, -0.2) is 40.8 Å². The molecule has 2 aromatic heterocycles. The second kappa shape index (κ2) is 10.3. The molecule has 0 saturated carbocycles. The van der Waals surface area contributed by atoms with E-state index in [1.165, 1.54) is 0 Å². The Morgan fingerprint density at radius 2 is 1.53 bits per heavy atom. The molecule has 3 heterocycles. The van der Waals surface area contributed by atoms with Gasteiger partial charge in [-0.15, -0.1) is 10.2 Å². The Morgan fingerprint density at radius 3 is 2.17 bits per heavy atom. The van der Waals surface area contributed by atoms with Gasteiger partial charge in [0.2, 0.25) is 0 Å². The van der Waals surface area contributed by atoms with Crippen molar-refractivity contribution >= 4 is 34.4 Å². The summed E-state index contributed by atoms with van der Waals surface area (Å²) in [5.74, 6) is 0.891. The third-order valence-electron chi connectivity index (χ3n) is 6.14. The third-order valence-corrected chi connectivity index (χ3v) is 6.14. The number of hydrogen-bond acceptors (Lipinski definition) is 8. The van der Waals surface area contributed by atoms with Crippen molar-refractivity contribution in [1.29, 1.82) is 0 Å². The SMILES string of the molecule is Cn1cc[n+](C)c1N=Nc1ccc(N2CCN(c3ccc(N=Nc4cccnc4)c(O)c3)CC2)cc1. The maximum Gasteiger partial charge on any atom is 0.421 e. The van der Waals surface area contributed by atoms with Crippen LogP contribution in [0.4, 0.5) is 34.4 Å². The number of benzene rings is 2. The molecule has 10 heteroatoms. The fourth-order valence-corrected chi connectivity index (χ4v) is 4.10. The summed E-state index contributed by atoms with van der Waals surface area (Å²) < 4.78 is 3.86. The van der Waals surface area contributed by atoms with Crippen LogP contribution in [0.2, 0.25) is 0 Å². The number of anilines is 2. The lowest BCUT2D eigenvalue weighted by Crippen LogP contribution is -2.46. The number of nitrogens with zero attached hydrogens (tertiary/aromatic N) is 9. The van der Waals surface area contributed by atoms with Crippen molar-refractivity contribution in [2.24, 2.45) is 34.6 Å². The highest BCUT2D eigenvalue weighted by molar-refractivity contribution is 5.62. The lowest BCUT2D eigenvalue weighted by molar-refractivity contribution is -0.657. The fourth-order valence-electron chi connectivity index (χ4n) is 4.10. The zero-order valence-corrected chi connectivity index (χ0v) is 20.3. The number of phenolic OH excluding ortho intramolecular Hbond substituents is 1. The minimum absolute atomic E-state index is 0.108. The quantitative estimate of drug-likeness (QED) is 0.305. The van der Waals surface area contributed by atoms with Crippen molar-refractivity contribution in [1.82, 2.24) is 9.55 Å². The molecule has 36 heavy (non-hydrogen) atoms. The van der Waals surface area contributed by atoms with Crippen LogP contribution in [0.3, 0.4) is 0 Å². The molecule has 0 radical (unpaired) electrons. The molecule has 1 saturated heterocycles. The van der Waals surface area contributed by atoms with Gasteiger partial charge in [-0.1, -0.05) is 5.11 Å². The Kier molecular flexibility index (Phi) is 6.65. The highest BCUT2D eigenvalue weighted by atomic mass is 16.3. The van der Waals surface area contributed by atoms with Gasteiger partial charge in [0, 0.05) is 54.9 Å². The molecule has 4 aromatic rings. The average molecular weight is 483 g/mol. The third kappa shape index (κ3) is 5.22. The molecule has 1 N–H and O–H groups in total. The first-order valence-electron chi connectivity index (χ1n) is 11.7. The first-order valence-corrected chi connectivity index (χ1v) is 11.7. The van der Waals surface area contributed by atoms with Gasteiger partial charge in [0.05, 0.1) is 32.7 Å². The summed E-state index contributed by atoms with van der Waals surface area (Å²) in [5, 5.41) is 27.5. The van der Waals surface area contributed by atoms with Gasteiger partial charge in [0.15, 0.2) is 0 Å². The molecular weight excluding hydrogens is 454 g/mol. The van der Waals surface area contributed by atoms with E-state index in [9.17, 15) is 5.11 Å². The molecule has 2 aromatic carbocycles. The molecule has 10 nitrogen and oxygen atoms in total. The minimum atomic E-state index is 0.108. The van der Waals surface area contributed by atoms with Crippen LogP contribution in [0.25, 0.3) is 0 Å². The minimum Gasteiger partial charge on any atom is -0.506 e. The molecule has 1 fully saturated rings. The van der Waals surface area contributed by atoms with Gasteiger partial charge in [-0.2, -0.15) is 0 Å². The molecule has 5 rings (SSSR count). The first-order chi connectivity index (χ1) is 17.6. The lowest BCUT2D eigenvalue weighted by Gasteiger charge is -2.37. The number of azo groups is 2. The number of aromatic hydroxyl groups is 1. The Balaban J connectivity index is 1.18. The largest absolute Gasteiger partial charge is 0.506 e. The Morgan fingerprint density at radius 1 is 0.833 bits per heavy atom. The molecule has 1 aliphatic rings. The molecule has 0 spiro atoms. The van der Waals surface area contributed by atoms with Gasteiger partial charge < -0.3 is 14.9 Å². The fraction of sp³-hybridized carbons (Fsp3) is 0.231. The van der Waals surface area contributed by atoms with E-state index >= 15 is 0 Å². The van der Waals surface area contributed by atoms with Crippen molar-refractivity contribution in [2.45, 2.75) is 0 Å². The summed E-state index contributed by atoms with van der Waals surface area (Å²) in [7, 11) is 3.89. The van der Waals surface area contributed by atoms with Gasteiger partial charge in [-0.3, -0.25) is 4.98 Å². The van der Waals surface area contributed by atoms with Gasteiger partial charge in [0.1, 0.15) is 22.8 Å². The van der Waals surface area contributed by atoms with E-state index in [0.717, 1.165) is 49.2 Å². The normalized spacial score (nSPS) is 14.3. The molecular formula is C26H28N9O+. The summed E-state index contributed by atoms with van der Waals surface area (Å²) in [6.45, 7) is 3.45. The van der Waals surface area contributed by atoms with Crippen LogP contribution >= 0.6 is 0 Å². The van der Waals surface area contributed by atoms with Gasteiger partial charge in [-0.05, 0) is 48.5 Å². The summed E-state index contributed by atoms with van der Waals surface area (Å²) in [6, 6.07) is 17.3. The summed E-state index contributed by atoms with van der Waals surface area (Å²) in [5.41, 5.74) is 4.01. The summed E-state index contributed by atoms with van der Waals surface area (Å²) in [6.07, 6.45) is 7.19. The second-order valence-electron chi connectivity index (χ2n) is 8.59. The molecule has 1 aliphatic heterocycles. The zero-order chi connectivity index (χ0) is 24.9. The van der Waals surface area contributed by atoms with Gasteiger partial charge >= 0.3 is 5.95 Å². The number of phenols is 1. The van der Waals surface area contributed by atoms with Crippen LogP contribution in [0.1, 0.15) is 0 Å². The number of piperazine rings is 1. The smallest absolute Gasteiger partial charge is 0.421 e. The maximum absolute atomic E-state index is 10.5. The van der Waals surface area contributed by atoms with E-state index in [0.29, 0.717) is 11.4 Å². The lowest BCUT2D eigenvalue weighted by atomic mass is 10.2. The second-order valence-corrected chi connectivity index (χ2v) is 8.59. The van der Waals surface area contributed by atoms with Crippen molar-refractivity contribution < 1.29 is 9.67 Å². The first kappa shape index (κ1) is 23.2. The van der Waals surface area contributed by atoms with Gasteiger partial charge in [0.25, 0.3) is 0 Å². The van der Waals surface area contributed by atoms with Gasteiger partial charge in [-0.25, -0.2) is 9.13 Å². The Hall–Kier alpha value is -4.60. The number of imidazole rings is 1. The highest BCUT2D eigenvalue weighted by Crippen LogP contribution is 2.33. The average Bonchev–Trinajstić information content (AvgIpc) is 3.24. The molecule has 0 bridgehead atoms. The van der Waals surface area contributed by atoms with E-state index in [1.807, 2.05) is 59.9 Å². The van der Waals surface area contributed by atoms with Crippen LogP contribution < -0.4 is 14.4 Å². The highest BCUT2D eigenvalue weighted by Gasteiger charge is 2.19. The van der Waals surface area contributed by atoms with Crippen molar-refractivity contribution in [3.05, 3.63) is 79.4 Å². The topological polar surface area (TPSA) is 97.9 Å². The molecule has 0 aliphatic carbocycles. The maximum atomic E-state index is 10.5. The number of hydrogen-bond donors (Lipinski definition) is 1. The van der Waals surface area contributed by atoms with E-state index in [2.05, 4.69) is 47.4 Å². The van der Waals surface area contributed by atoms with Crippen molar-refractivity contribution in [3.63, 3.8) is 0 Å². The van der Waals surface area contributed by atoms with Crippen LogP contribution in [0, 0.1) is 0 Å². The van der Waals surface area contributed by atoms with E-state index in [4.69, 9.17) is 0 Å². The number of aromatic nitrogens is 3. The predicted molar refractivity (Wildman–Crippen MR) is 138 cm³/mol. The van der Waals surface area contributed by atoms with Crippen LogP contribution in [0.15, 0.2) is 99.8 Å². The van der Waals surface area contributed by atoms with Crippen LogP contribution in [-0.2, 0) is 14.1 Å². The molecule has 0 atom stereocenters. The molecule has 182 valence electrons. The van der Waals surface area contributed by atoms with Crippen molar-refractivity contribution in [3.8, 4) is 5.75 Å². The van der Waals surface area contributed by atoms with Crippen LogP contribution in [0.5, 0.6) is 5.75 Å². The monoisotopic (exact) mass is 482 g/mol. The standard InChI is InChI=1S/C26H27N9O/c1-32-12-13-33(2)26(32)31-28-20-5-7-22(8-6-20)34-14-16-35(17-15-34)23-9-10-24(25(36)18-23)30-29-21-4-3-11-27-19-21/h3-13,18-19H,14-17H2,1-2H3/p+1. The number of aryl methyl sites for hydroxylation is 2. The summed E-state index contributed by atoms with van der Waals surface area (Å²) >= 11 is 0. The summed E-state index contributed by atoms with van der Waals surface area (Å²) in [4.78, 5) is 8.63. The van der Waals surface area contributed by atoms with E-state index in [-0.39, 0.29) is 5.75 Å². The van der Waals surface area contributed by atoms with E-state index < -0.39 is 0 Å². The predicted octanol–water partition coefficient (Wildman–Crippen LogP) is 5.11. The zero-order valence-electron chi connectivity index (χ0n) is 20.3. The van der Waals surface area contributed by atoms with E-state index in [1.54, 1.807) is 30.6 Å². The van der Waals surface area contributed by atoms with Crippen molar-refractivity contribution in [2.75, 3.05) is 36.0 Å². The molecule has 0 amide bonds. The molecule has 0 unspecified atom stereocenters. The Labute approximate surface area is 209 Å². The number of pyridine rings is 1. The number of rotatable bonds is 6.